The summed E-state index contributed by atoms with van der Waals surface area (Å²) in [6.07, 6.45) is 2.77. The smallest absolute Gasteiger partial charge is 0.330 e. The van der Waals surface area contributed by atoms with E-state index in [1.807, 2.05) is 27.7 Å². The molecule has 0 rings (SSSR count). The molecule has 0 amide bonds. The van der Waals surface area contributed by atoms with Crippen LogP contribution in [0.15, 0.2) is 12.7 Å². The molecule has 0 spiro atoms. The average molecular weight is 274 g/mol. The molecule has 0 heterocycles. The van der Waals surface area contributed by atoms with Crippen molar-refractivity contribution in [3.8, 4) is 0 Å². The summed E-state index contributed by atoms with van der Waals surface area (Å²) < 4.78 is 16.9. The molecule has 0 fully saturated rings. The van der Waals surface area contributed by atoms with Crippen LogP contribution in [-0.2, 0) is 19.0 Å². The Morgan fingerprint density at radius 2 is 1.83 bits per heavy atom. The van der Waals surface area contributed by atoms with E-state index in [1.54, 1.807) is 0 Å². The molecule has 1 atom stereocenters. The second-order valence-corrected chi connectivity index (χ2v) is 6.40. The van der Waals surface area contributed by atoms with Crippen LogP contribution in [0, 0.1) is 0 Å². The summed E-state index contributed by atoms with van der Waals surface area (Å²) in [5, 5.41) is 0. The molecule has 4 nitrogen and oxygen atoms in total. The van der Waals surface area contributed by atoms with Crippen molar-refractivity contribution in [1.29, 1.82) is 0 Å². The number of esters is 1. The Bertz CT molecular complexity index is 249. The summed E-state index contributed by atoms with van der Waals surface area (Å²) in [7, 11) is -0.877. The zero-order chi connectivity index (χ0) is 14.0. The summed E-state index contributed by atoms with van der Waals surface area (Å²) >= 11 is 0. The average Bonchev–Trinajstić information content (AvgIpc) is 2.38. The number of rotatable bonds is 10. The quantitative estimate of drug-likeness (QED) is 0.263. The highest BCUT2D eigenvalue weighted by Crippen LogP contribution is 2.20. The van der Waals surface area contributed by atoms with Crippen molar-refractivity contribution in [2.75, 3.05) is 13.2 Å². The van der Waals surface area contributed by atoms with Gasteiger partial charge in [0.1, 0.15) is 14.9 Å². The van der Waals surface area contributed by atoms with Crippen molar-refractivity contribution in [3.63, 3.8) is 0 Å². The minimum absolute atomic E-state index is 0.0754. The molecule has 0 aliphatic rings. The predicted molar refractivity (Wildman–Crippen MR) is 75.2 cm³/mol. The van der Waals surface area contributed by atoms with Crippen LogP contribution in [-0.4, -0.2) is 39.8 Å². The second-order valence-electron chi connectivity index (χ2n) is 4.01. The molecule has 0 aliphatic heterocycles. The topological polar surface area (TPSA) is 44.8 Å². The van der Waals surface area contributed by atoms with Gasteiger partial charge in [0, 0.05) is 19.3 Å². The van der Waals surface area contributed by atoms with Gasteiger partial charge in [-0.1, -0.05) is 20.4 Å². The van der Waals surface area contributed by atoms with Crippen molar-refractivity contribution >= 4 is 15.5 Å². The first-order valence-electron chi connectivity index (χ1n) is 6.68. The second kappa shape index (κ2) is 9.30. The maximum absolute atomic E-state index is 11.3. The molecule has 5 heteroatoms. The van der Waals surface area contributed by atoms with Gasteiger partial charge in [-0.05, 0) is 26.7 Å². The lowest BCUT2D eigenvalue weighted by atomic mass is 10.4. The molecule has 0 aromatic carbocycles. The van der Waals surface area contributed by atoms with Crippen LogP contribution in [0.2, 0.25) is 0 Å². The summed E-state index contributed by atoms with van der Waals surface area (Å²) in [6, 6.07) is 0. The van der Waals surface area contributed by atoms with Gasteiger partial charge < -0.3 is 14.2 Å². The first-order chi connectivity index (χ1) is 8.57. The number of hydrogen-bond donors (Lipinski definition) is 0. The zero-order valence-electron chi connectivity index (χ0n) is 12.0. The largest absolute Gasteiger partial charge is 0.464 e. The molecular weight excluding hydrogens is 248 g/mol. The van der Waals surface area contributed by atoms with Crippen LogP contribution in [0.1, 0.15) is 40.5 Å². The van der Waals surface area contributed by atoms with E-state index in [0.29, 0.717) is 13.2 Å². The minimum atomic E-state index is -0.877. The maximum atomic E-state index is 11.3. The molecule has 1 unspecified atom stereocenters. The number of carbonyl (C=O) groups is 1. The Kier molecular flexibility index (Phi) is 8.96. The molecule has 106 valence electrons. The molecule has 0 aromatic rings. The van der Waals surface area contributed by atoms with E-state index in [1.165, 1.54) is 6.08 Å². The Balaban J connectivity index is 4.68. The molecule has 0 saturated carbocycles. The van der Waals surface area contributed by atoms with Gasteiger partial charge in [0.2, 0.25) is 0 Å². The first-order valence-corrected chi connectivity index (χ1v) is 8.20. The van der Waals surface area contributed by atoms with Crippen molar-refractivity contribution in [3.05, 3.63) is 12.7 Å². The molecule has 18 heavy (non-hydrogen) atoms. The standard InChI is InChI=1S/C13H26O4Si/c1-6-11(14)17-12(7-2)18-13(8-3,15-9-4)16-10-5/h6,12H,1,7-10,18H2,2-5H3. The zero-order valence-corrected chi connectivity index (χ0v) is 13.4. The van der Waals surface area contributed by atoms with Crippen molar-refractivity contribution in [1.82, 2.24) is 0 Å². The highest BCUT2D eigenvalue weighted by molar-refractivity contribution is 6.41. The normalized spacial score (nSPS) is 13.8. The van der Waals surface area contributed by atoms with E-state index in [9.17, 15) is 4.79 Å². The van der Waals surface area contributed by atoms with Gasteiger partial charge in [-0.25, -0.2) is 4.79 Å². The lowest BCUT2D eigenvalue weighted by Gasteiger charge is -2.34. The SMILES string of the molecule is C=CC(=O)OC(CC)[SiH2]C(CC)(OCC)OCC. The lowest BCUT2D eigenvalue weighted by Crippen LogP contribution is -2.48. The van der Waals surface area contributed by atoms with Crippen LogP contribution in [0.5, 0.6) is 0 Å². The number of hydrogen-bond acceptors (Lipinski definition) is 4. The first kappa shape index (κ1) is 17.3. The van der Waals surface area contributed by atoms with Crippen molar-refractivity contribution < 1.29 is 19.0 Å². The van der Waals surface area contributed by atoms with Crippen LogP contribution in [0.3, 0.4) is 0 Å². The third kappa shape index (κ3) is 5.80. The van der Waals surface area contributed by atoms with Gasteiger partial charge in [-0.3, -0.25) is 0 Å². The Labute approximate surface area is 113 Å². The van der Waals surface area contributed by atoms with Crippen LogP contribution < -0.4 is 0 Å². The monoisotopic (exact) mass is 274 g/mol. The summed E-state index contributed by atoms with van der Waals surface area (Å²) in [6.45, 7) is 12.6. The molecular formula is C13H26O4Si. The molecule has 0 aliphatic carbocycles. The third-order valence-electron chi connectivity index (χ3n) is 2.80. The number of ether oxygens (including phenoxy) is 3. The van der Waals surface area contributed by atoms with Crippen LogP contribution in [0.4, 0.5) is 0 Å². The third-order valence-corrected chi connectivity index (χ3v) is 5.53. The fraction of sp³-hybridized carbons (Fsp3) is 0.769. The highest BCUT2D eigenvalue weighted by atomic mass is 28.2. The Hall–Kier alpha value is -0.653. The van der Waals surface area contributed by atoms with Gasteiger partial charge in [-0.2, -0.15) is 0 Å². The van der Waals surface area contributed by atoms with Gasteiger partial charge in [0.25, 0.3) is 0 Å². The molecule has 0 N–H and O–H groups in total. The molecule has 0 aromatic heterocycles. The van der Waals surface area contributed by atoms with Gasteiger partial charge >= 0.3 is 5.97 Å². The van der Waals surface area contributed by atoms with Crippen LogP contribution >= 0.6 is 0 Å². The van der Waals surface area contributed by atoms with Crippen molar-refractivity contribution in [2.45, 2.75) is 51.7 Å². The Morgan fingerprint density at radius 3 is 2.17 bits per heavy atom. The molecule has 0 bridgehead atoms. The van der Waals surface area contributed by atoms with E-state index >= 15 is 0 Å². The maximum Gasteiger partial charge on any atom is 0.330 e. The summed E-state index contributed by atoms with van der Waals surface area (Å²) in [5.41, 5.74) is -0.598. The summed E-state index contributed by atoms with van der Waals surface area (Å²) in [4.78, 5) is 11.3. The van der Waals surface area contributed by atoms with E-state index < -0.39 is 14.9 Å². The van der Waals surface area contributed by atoms with Gasteiger partial charge in [0.15, 0.2) is 0 Å². The fourth-order valence-electron chi connectivity index (χ4n) is 1.86. The van der Waals surface area contributed by atoms with E-state index in [2.05, 4.69) is 6.58 Å². The predicted octanol–water partition coefficient (Wildman–Crippen LogP) is 1.76. The number of carbonyl (C=O) groups excluding carboxylic acids is 1. The molecule has 0 radical (unpaired) electrons. The highest BCUT2D eigenvalue weighted by Gasteiger charge is 2.34. The lowest BCUT2D eigenvalue weighted by molar-refractivity contribution is -0.180. The van der Waals surface area contributed by atoms with E-state index in [0.717, 1.165) is 12.8 Å². The fourth-order valence-corrected chi connectivity index (χ4v) is 4.03. The van der Waals surface area contributed by atoms with Crippen molar-refractivity contribution in [2.24, 2.45) is 0 Å². The van der Waals surface area contributed by atoms with Crippen LogP contribution in [0.25, 0.3) is 0 Å². The Morgan fingerprint density at radius 1 is 1.28 bits per heavy atom. The van der Waals surface area contributed by atoms with Gasteiger partial charge in [0.05, 0.1) is 5.73 Å². The van der Waals surface area contributed by atoms with E-state index in [4.69, 9.17) is 14.2 Å². The minimum Gasteiger partial charge on any atom is -0.464 e. The van der Waals surface area contributed by atoms with Gasteiger partial charge in [-0.15, -0.1) is 0 Å². The van der Waals surface area contributed by atoms with E-state index in [-0.39, 0.29) is 11.7 Å². The summed E-state index contributed by atoms with van der Waals surface area (Å²) in [5.74, 6) is -0.368. The molecule has 0 saturated heterocycles.